The van der Waals surface area contributed by atoms with Gasteiger partial charge in [0.1, 0.15) is 12.9 Å². The summed E-state index contributed by atoms with van der Waals surface area (Å²) in [6.45, 7) is 1.93. The van der Waals surface area contributed by atoms with E-state index in [1.807, 2.05) is 43.3 Å². The van der Waals surface area contributed by atoms with Crippen molar-refractivity contribution in [3.63, 3.8) is 0 Å². The molecule has 21 heavy (non-hydrogen) atoms. The fourth-order valence-electron chi connectivity index (χ4n) is 1.63. The van der Waals surface area contributed by atoms with Gasteiger partial charge in [-0.2, -0.15) is 0 Å². The molecule has 0 fully saturated rings. The van der Waals surface area contributed by atoms with E-state index in [2.05, 4.69) is 9.99 Å². The number of rotatable bonds is 5. The second-order valence-corrected chi connectivity index (χ2v) is 4.20. The van der Waals surface area contributed by atoms with Gasteiger partial charge in [0.15, 0.2) is 17.7 Å². The minimum absolute atomic E-state index is 0.317. The van der Waals surface area contributed by atoms with Crippen LogP contribution < -0.4 is 9.47 Å². The highest BCUT2D eigenvalue weighted by Gasteiger charge is 2.10. The molecule has 2 rings (SSSR count). The van der Waals surface area contributed by atoms with Gasteiger partial charge < -0.3 is 14.3 Å². The minimum Gasteiger partial charge on any atom is -0.453 e. The predicted octanol–water partition coefficient (Wildman–Crippen LogP) is 3.32. The maximum atomic E-state index is 11.6. The van der Waals surface area contributed by atoms with Gasteiger partial charge in [-0.05, 0) is 36.8 Å². The quantitative estimate of drug-likeness (QED) is 0.366. The summed E-state index contributed by atoms with van der Waals surface area (Å²) in [5.41, 5.74) is 0.992. The van der Waals surface area contributed by atoms with Crippen LogP contribution in [-0.2, 0) is 9.63 Å². The van der Waals surface area contributed by atoms with Gasteiger partial charge in [-0.25, -0.2) is 4.79 Å². The number of oxime groups is 1. The summed E-state index contributed by atoms with van der Waals surface area (Å²) in [6, 6.07) is 14.6. The summed E-state index contributed by atoms with van der Waals surface area (Å²) in [6.07, 6.45) is 0.951. The largest absolute Gasteiger partial charge is 0.453 e. The molecule has 5 nitrogen and oxygen atoms in total. The van der Waals surface area contributed by atoms with Crippen LogP contribution in [0.1, 0.15) is 5.56 Å². The molecule has 0 N–H and O–H groups in total. The molecule has 0 spiro atoms. The number of benzene rings is 2. The van der Waals surface area contributed by atoms with Gasteiger partial charge in [-0.15, -0.1) is 0 Å². The second kappa shape index (κ2) is 7.09. The fraction of sp³-hybridized carbons (Fsp3) is 0.125. The first-order valence-electron chi connectivity index (χ1n) is 6.31. The van der Waals surface area contributed by atoms with E-state index >= 15 is 0 Å². The van der Waals surface area contributed by atoms with Crippen molar-refractivity contribution in [3.05, 3.63) is 54.1 Å². The molecular formula is C16H15NO4. The molecule has 0 saturated heterocycles. The Labute approximate surface area is 122 Å². The maximum Gasteiger partial charge on any atom is 0.358 e. The SMILES string of the molecule is CON=CC(=O)Oc1ccc(C)cc1Oc1ccccc1. The van der Waals surface area contributed by atoms with E-state index in [4.69, 9.17) is 9.47 Å². The average molecular weight is 285 g/mol. The maximum absolute atomic E-state index is 11.6. The highest BCUT2D eigenvalue weighted by Crippen LogP contribution is 2.32. The number of esters is 1. The summed E-state index contributed by atoms with van der Waals surface area (Å²) < 4.78 is 10.9. The molecule has 2 aromatic carbocycles. The fourth-order valence-corrected chi connectivity index (χ4v) is 1.63. The van der Waals surface area contributed by atoms with Crippen molar-refractivity contribution in [2.24, 2.45) is 5.16 Å². The summed E-state index contributed by atoms with van der Waals surface area (Å²) >= 11 is 0. The van der Waals surface area contributed by atoms with Crippen molar-refractivity contribution in [2.45, 2.75) is 6.92 Å². The first-order valence-corrected chi connectivity index (χ1v) is 6.31. The number of hydrogen-bond donors (Lipinski definition) is 0. The molecular weight excluding hydrogens is 270 g/mol. The number of aryl methyl sites for hydroxylation is 1. The van der Waals surface area contributed by atoms with Gasteiger partial charge >= 0.3 is 5.97 Å². The Morgan fingerprint density at radius 2 is 1.86 bits per heavy atom. The monoisotopic (exact) mass is 285 g/mol. The molecule has 0 aliphatic carbocycles. The highest BCUT2D eigenvalue weighted by molar-refractivity contribution is 6.23. The Hall–Kier alpha value is -2.82. The number of ether oxygens (including phenoxy) is 2. The van der Waals surface area contributed by atoms with Crippen LogP contribution in [0.2, 0.25) is 0 Å². The molecule has 0 aliphatic rings. The molecule has 0 radical (unpaired) electrons. The van der Waals surface area contributed by atoms with E-state index in [1.54, 1.807) is 12.1 Å². The van der Waals surface area contributed by atoms with Gasteiger partial charge in [0, 0.05) is 0 Å². The van der Waals surface area contributed by atoms with Crippen LogP contribution in [0.4, 0.5) is 0 Å². The van der Waals surface area contributed by atoms with Crippen molar-refractivity contribution in [1.29, 1.82) is 0 Å². The van der Waals surface area contributed by atoms with Gasteiger partial charge in [0.25, 0.3) is 0 Å². The Morgan fingerprint density at radius 1 is 1.10 bits per heavy atom. The topological polar surface area (TPSA) is 57.1 Å². The standard InChI is InChI=1S/C16H15NO4/c1-12-8-9-14(21-16(18)11-17-19-2)15(10-12)20-13-6-4-3-5-7-13/h3-11H,1-2H3. The molecule has 5 heteroatoms. The van der Waals surface area contributed by atoms with Crippen LogP contribution in [-0.4, -0.2) is 19.3 Å². The number of nitrogens with zero attached hydrogens (tertiary/aromatic N) is 1. The van der Waals surface area contributed by atoms with Gasteiger partial charge in [0.2, 0.25) is 0 Å². The third-order valence-electron chi connectivity index (χ3n) is 2.54. The first-order chi connectivity index (χ1) is 10.2. The number of hydrogen-bond acceptors (Lipinski definition) is 5. The first kappa shape index (κ1) is 14.6. The summed E-state index contributed by atoms with van der Waals surface area (Å²) in [7, 11) is 1.35. The van der Waals surface area contributed by atoms with Crippen LogP contribution in [0.25, 0.3) is 0 Å². The Kier molecular flexibility index (Phi) is 4.93. The van der Waals surface area contributed by atoms with Gasteiger partial charge in [-0.1, -0.05) is 29.4 Å². The van der Waals surface area contributed by atoms with Crippen LogP contribution in [0.5, 0.6) is 17.2 Å². The van der Waals surface area contributed by atoms with E-state index < -0.39 is 5.97 Å². The third-order valence-corrected chi connectivity index (χ3v) is 2.54. The molecule has 0 saturated carbocycles. The summed E-state index contributed by atoms with van der Waals surface area (Å²) in [5, 5.41) is 3.36. The summed E-state index contributed by atoms with van der Waals surface area (Å²) in [5.74, 6) is 0.793. The highest BCUT2D eigenvalue weighted by atomic mass is 16.6. The van der Waals surface area contributed by atoms with Crippen LogP contribution >= 0.6 is 0 Å². The number of carbonyl (C=O) groups excluding carboxylic acids is 1. The van der Waals surface area contributed by atoms with Crippen LogP contribution in [0.3, 0.4) is 0 Å². The van der Waals surface area contributed by atoms with Gasteiger partial charge in [-0.3, -0.25) is 0 Å². The number of para-hydroxylation sites is 1. The molecule has 108 valence electrons. The smallest absolute Gasteiger partial charge is 0.358 e. The lowest BCUT2D eigenvalue weighted by molar-refractivity contribution is -0.126. The van der Waals surface area contributed by atoms with Crippen molar-refractivity contribution in [2.75, 3.05) is 7.11 Å². The van der Waals surface area contributed by atoms with Crippen molar-refractivity contribution < 1.29 is 19.1 Å². The third kappa shape index (κ3) is 4.35. The average Bonchev–Trinajstić information content (AvgIpc) is 2.49. The molecule has 2 aromatic rings. The molecule has 0 atom stereocenters. The molecule has 0 aliphatic heterocycles. The Morgan fingerprint density at radius 3 is 2.57 bits per heavy atom. The van der Waals surface area contributed by atoms with Crippen molar-refractivity contribution in [3.8, 4) is 17.2 Å². The molecule has 0 unspecified atom stereocenters. The minimum atomic E-state index is -0.640. The number of carbonyl (C=O) groups is 1. The lowest BCUT2D eigenvalue weighted by Gasteiger charge is -2.11. The molecule has 0 heterocycles. The normalized spacial score (nSPS) is 10.4. The molecule has 0 aromatic heterocycles. The zero-order valence-corrected chi connectivity index (χ0v) is 11.8. The predicted molar refractivity (Wildman–Crippen MR) is 78.8 cm³/mol. The van der Waals surface area contributed by atoms with Gasteiger partial charge in [0.05, 0.1) is 0 Å². The van der Waals surface area contributed by atoms with Crippen LogP contribution in [0, 0.1) is 6.92 Å². The zero-order chi connectivity index (χ0) is 15.1. The van der Waals surface area contributed by atoms with Crippen molar-refractivity contribution in [1.82, 2.24) is 0 Å². The lowest BCUT2D eigenvalue weighted by atomic mass is 10.2. The van der Waals surface area contributed by atoms with E-state index in [-0.39, 0.29) is 0 Å². The van der Waals surface area contributed by atoms with E-state index in [0.29, 0.717) is 17.2 Å². The van der Waals surface area contributed by atoms with E-state index in [1.165, 1.54) is 7.11 Å². The molecule has 0 amide bonds. The van der Waals surface area contributed by atoms with Crippen LogP contribution in [0.15, 0.2) is 53.7 Å². The van der Waals surface area contributed by atoms with E-state index in [9.17, 15) is 4.79 Å². The molecule has 0 bridgehead atoms. The lowest BCUT2D eigenvalue weighted by Crippen LogP contribution is -2.10. The zero-order valence-electron chi connectivity index (χ0n) is 11.8. The summed E-state index contributed by atoms with van der Waals surface area (Å²) in [4.78, 5) is 16.0. The Balaban J connectivity index is 2.21. The van der Waals surface area contributed by atoms with E-state index in [0.717, 1.165) is 11.8 Å². The Bertz CT molecular complexity index is 638. The second-order valence-electron chi connectivity index (χ2n) is 4.20. The van der Waals surface area contributed by atoms with Crippen molar-refractivity contribution >= 4 is 12.2 Å².